The van der Waals surface area contributed by atoms with Gasteiger partial charge in [0.15, 0.2) is 17.6 Å². The molecule has 0 aromatic heterocycles. The maximum Gasteiger partial charge on any atom is 0.267 e. The predicted octanol–water partition coefficient (Wildman–Crippen LogP) is 2.52. The summed E-state index contributed by atoms with van der Waals surface area (Å²) in [5.41, 5.74) is 0.754. The Bertz CT molecular complexity index is 1010. The molecule has 1 atom stereocenters. The summed E-state index contributed by atoms with van der Waals surface area (Å²) in [6.45, 7) is -0.175. The molecule has 150 valence electrons. The predicted molar refractivity (Wildman–Crippen MR) is 106 cm³/mol. The van der Waals surface area contributed by atoms with Crippen molar-refractivity contribution in [1.82, 2.24) is 0 Å². The van der Waals surface area contributed by atoms with E-state index in [9.17, 15) is 13.2 Å². The van der Waals surface area contributed by atoms with Crippen LogP contribution in [-0.4, -0.2) is 47.4 Å². The van der Waals surface area contributed by atoms with Gasteiger partial charge in [0.25, 0.3) is 5.91 Å². The Labute approximate surface area is 168 Å². The number of methoxy groups -OCH3 is 2. The lowest BCUT2D eigenvalue weighted by Gasteiger charge is -2.34. The van der Waals surface area contributed by atoms with Gasteiger partial charge in [-0.1, -0.05) is 11.6 Å². The molecule has 2 aromatic rings. The molecule has 1 N–H and O–H groups in total. The zero-order valence-corrected chi connectivity index (χ0v) is 17.0. The van der Waals surface area contributed by atoms with Gasteiger partial charge in [-0.15, -0.1) is 0 Å². The normalized spacial score (nSPS) is 16.0. The number of hydrogen-bond acceptors (Lipinski definition) is 6. The third-order valence-corrected chi connectivity index (χ3v) is 5.52. The zero-order chi connectivity index (χ0) is 20.5. The first kappa shape index (κ1) is 20.1. The number of halogens is 1. The van der Waals surface area contributed by atoms with Gasteiger partial charge in [0.1, 0.15) is 5.75 Å². The molecule has 0 saturated heterocycles. The van der Waals surface area contributed by atoms with Crippen molar-refractivity contribution in [2.45, 2.75) is 6.10 Å². The molecule has 1 unspecified atom stereocenters. The molecule has 0 radical (unpaired) electrons. The molecule has 1 aliphatic heterocycles. The van der Waals surface area contributed by atoms with Crippen LogP contribution in [0.3, 0.4) is 0 Å². The van der Waals surface area contributed by atoms with Gasteiger partial charge in [-0.2, -0.15) is 0 Å². The Hall–Kier alpha value is -2.65. The van der Waals surface area contributed by atoms with Crippen LogP contribution in [0, 0.1) is 0 Å². The molecule has 0 aliphatic carbocycles. The summed E-state index contributed by atoms with van der Waals surface area (Å²) < 4.78 is 41.6. The van der Waals surface area contributed by atoms with Crippen molar-refractivity contribution in [2.75, 3.05) is 36.6 Å². The Morgan fingerprint density at radius 2 is 1.89 bits per heavy atom. The van der Waals surface area contributed by atoms with E-state index in [4.69, 9.17) is 25.8 Å². The highest BCUT2D eigenvalue weighted by Crippen LogP contribution is 2.37. The monoisotopic (exact) mass is 426 g/mol. The van der Waals surface area contributed by atoms with E-state index >= 15 is 0 Å². The number of benzene rings is 2. The van der Waals surface area contributed by atoms with Crippen LogP contribution in [0.15, 0.2) is 36.4 Å². The number of hydrogen-bond donors (Lipinski definition) is 1. The van der Waals surface area contributed by atoms with Crippen molar-refractivity contribution in [1.29, 1.82) is 0 Å². The lowest BCUT2D eigenvalue weighted by Crippen LogP contribution is -2.48. The van der Waals surface area contributed by atoms with Gasteiger partial charge in [-0.25, -0.2) is 8.42 Å². The number of sulfonamides is 1. The molecule has 1 amide bonds. The summed E-state index contributed by atoms with van der Waals surface area (Å²) in [4.78, 5) is 12.7. The molecule has 0 fully saturated rings. The number of nitrogens with one attached hydrogen (secondary N) is 1. The highest BCUT2D eigenvalue weighted by molar-refractivity contribution is 7.92. The average Bonchev–Trinajstić information content (AvgIpc) is 2.66. The van der Waals surface area contributed by atoms with E-state index in [2.05, 4.69) is 5.32 Å². The van der Waals surface area contributed by atoms with Gasteiger partial charge >= 0.3 is 0 Å². The third kappa shape index (κ3) is 4.10. The molecular formula is C18H19ClN2O6S. The maximum absolute atomic E-state index is 12.7. The van der Waals surface area contributed by atoms with Crippen molar-refractivity contribution in [3.8, 4) is 17.2 Å². The second-order valence-electron chi connectivity index (χ2n) is 6.07. The first-order valence-electron chi connectivity index (χ1n) is 8.19. The van der Waals surface area contributed by atoms with Crippen LogP contribution in [-0.2, 0) is 14.8 Å². The van der Waals surface area contributed by atoms with Gasteiger partial charge in [0.2, 0.25) is 10.0 Å². The third-order valence-electron chi connectivity index (χ3n) is 4.13. The fourth-order valence-electron chi connectivity index (χ4n) is 2.81. The molecule has 0 saturated carbocycles. The van der Waals surface area contributed by atoms with Crippen molar-refractivity contribution in [3.63, 3.8) is 0 Å². The Kier molecular flexibility index (Phi) is 5.57. The maximum atomic E-state index is 12.7. The minimum atomic E-state index is -3.64. The van der Waals surface area contributed by atoms with Crippen molar-refractivity contribution in [3.05, 3.63) is 41.4 Å². The van der Waals surface area contributed by atoms with Crippen LogP contribution in [0.4, 0.5) is 11.4 Å². The molecule has 1 heterocycles. The highest BCUT2D eigenvalue weighted by Gasteiger charge is 2.35. The molecule has 3 rings (SSSR count). The second kappa shape index (κ2) is 7.76. The smallest absolute Gasteiger partial charge is 0.267 e. The fraction of sp³-hybridized carbons (Fsp3) is 0.278. The number of rotatable bonds is 5. The molecule has 2 aromatic carbocycles. The fourth-order valence-corrected chi connectivity index (χ4v) is 3.88. The largest absolute Gasteiger partial charge is 0.493 e. The number of amides is 1. The lowest BCUT2D eigenvalue weighted by molar-refractivity contribution is -0.122. The van der Waals surface area contributed by atoms with Crippen LogP contribution in [0.25, 0.3) is 0 Å². The van der Waals surface area contributed by atoms with Gasteiger partial charge < -0.3 is 19.5 Å². The first-order chi connectivity index (χ1) is 13.2. The number of carbonyl (C=O) groups excluding carboxylic acids is 1. The summed E-state index contributed by atoms with van der Waals surface area (Å²) >= 11 is 5.97. The number of anilines is 2. The van der Waals surface area contributed by atoms with E-state index in [0.717, 1.165) is 10.6 Å². The number of fused-ring (bicyclic) bond motifs is 1. The molecule has 28 heavy (non-hydrogen) atoms. The summed E-state index contributed by atoms with van der Waals surface area (Å²) in [5, 5.41) is 3.07. The minimum Gasteiger partial charge on any atom is -0.493 e. The van der Waals surface area contributed by atoms with E-state index in [0.29, 0.717) is 27.9 Å². The van der Waals surface area contributed by atoms with E-state index in [1.807, 2.05) is 0 Å². The van der Waals surface area contributed by atoms with Crippen molar-refractivity contribution in [2.24, 2.45) is 0 Å². The summed E-state index contributed by atoms with van der Waals surface area (Å²) in [6.07, 6.45) is 0.0169. The average molecular weight is 427 g/mol. The van der Waals surface area contributed by atoms with Gasteiger partial charge in [0.05, 0.1) is 32.7 Å². The van der Waals surface area contributed by atoms with Gasteiger partial charge in [-0.3, -0.25) is 9.10 Å². The first-order valence-corrected chi connectivity index (χ1v) is 10.4. The van der Waals surface area contributed by atoms with Crippen molar-refractivity contribution < 1.29 is 27.4 Å². The van der Waals surface area contributed by atoms with Gasteiger partial charge in [-0.05, 0) is 30.3 Å². The molecule has 1 aliphatic rings. The van der Waals surface area contributed by atoms with Crippen LogP contribution < -0.4 is 23.8 Å². The molecule has 0 bridgehead atoms. The molecule has 10 heteroatoms. The van der Waals surface area contributed by atoms with E-state index < -0.39 is 22.0 Å². The van der Waals surface area contributed by atoms with Crippen LogP contribution in [0.1, 0.15) is 0 Å². The van der Waals surface area contributed by atoms with Crippen molar-refractivity contribution >= 4 is 38.9 Å². The standard InChI is InChI=1S/C18H19ClN2O6S/c1-25-15-7-5-12(9-16(15)26-2)20-18(22)17-10-21(28(3,23)24)13-8-11(19)4-6-14(13)27-17/h4-9,17H,10H2,1-3H3,(H,20,22). The molecular weight excluding hydrogens is 408 g/mol. The summed E-state index contributed by atoms with van der Waals surface area (Å²) in [6, 6.07) is 9.48. The molecule has 0 spiro atoms. The number of carbonyl (C=O) groups is 1. The topological polar surface area (TPSA) is 94.2 Å². The Morgan fingerprint density at radius 3 is 2.54 bits per heavy atom. The Morgan fingerprint density at radius 1 is 1.18 bits per heavy atom. The zero-order valence-electron chi connectivity index (χ0n) is 15.4. The SMILES string of the molecule is COc1ccc(NC(=O)C2CN(S(C)(=O)=O)c3cc(Cl)ccc3O2)cc1OC. The van der Waals surface area contributed by atoms with E-state index in [-0.39, 0.29) is 12.3 Å². The molecule has 8 nitrogen and oxygen atoms in total. The van der Waals surface area contributed by atoms with E-state index in [1.165, 1.54) is 26.4 Å². The van der Waals surface area contributed by atoms with E-state index in [1.54, 1.807) is 24.3 Å². The highest BCUT2D eigenvalue weighted by atomic mass is 35.5. The summed E-state index contributed by atoms with van der Waals surface area (Å²) in [7, 11) is -0.642. The lowest BCUT2D eigenvalue weighted by atomic mass is 10.2. The number of ether oxygens (including phenoxy) is 3. The van der Waals surface area contributed by atoms with Crippen LogP contribution in [0.5, 0.6) is 17.2 Å². The Balaban J connectivity index is 1.86. The van der Waals surface area contributed by atoms with Gasteiger partial charge in [0, 0.05) is 16.8 Å². The second-order valence-corrected chi connectivity index (χ2v) is 8.41. The van der Waals surface area contributed by atoms with Crippen LogP contribution in [0.2, 0.25) is 5.02 Å². The minimum absolute atomic E-state index is 0.175. The number of nitrogens with zero attached hydrogens (tertiary/aromatic N) is 1. The van der Waals surface area contributed by atoms with Crippen LogP contribution >= 0.6 is 11.6 Å². The summed E-state index contributed by atoms with van der Waals surface area (Å²) in [5.74, 6) is 0.723. The quantitative estimate of drug-likeness (QED) is 0.789.